The molecule has 0 atom stereocenters. The molecule has 0 bridgehead atoms. The lowest BCUT2D eigenvalue weighted by molar-refractivity contribution is -0.129. The molecule has 0 N–H and O–H groups in total. The molecule has 2 aromatic rings. The van der Waals surface area contributed by atoms with Crippen LogP contribution in [0.3, 0.4) is 0 Å². The van der Waals surface area contributed by atoms with E-state index < -0.39 is 11.9 Å². The van der Waals surface area contributed by atoms with Crippen molar-refractivity contribution in [2.24, 2.45) is 0 Å². The average Bonchev–Trinajstić information content (AvgIpc) is 2.66. The van der Waals surface area contributed by atoms with Gasteiger partial charge in [0.2, 0.25) is 0 Å². The third-order valence-electron chi connectivity index (χ3n) is 4.38. The molecular weight excluding hydrogens is 340 g/mol. The first-order valence-electron chi connectivity index (χ1n) is 8.80. The fraction of sp³-hybridized carbons (Fsp3) is 0.217. The predicted octanol–water partition coefficient (Wildman–Crippen LogP) is 5.03. The number of hydrogen-bond donors (Lipinski definition) is 0. The van der Waals surface area contributed by atoms with Crippen LogP contribution in [0.2, 0.25) is 0 Å². The molecule has 0 spiro atoms. The molecule has 2 aromatic carbocycles. The van der Waals surface area contributed by atoms with Gasteiger partial charge in [-0.2, -0.15) is 0 Å². The van der Waals surface area contributed by atoms with Crippen molar-refractivity contribution in [3.63, 3.8) is 0 Å². The minimum Gasteiger partial charge on any atom is -0.423 e. The molecule has 0 saturated heterocycles. The standard InChI is InChI=1S/C23H24O4/c1-6-17(18-13-9-11-15(4)22(18)26-20(24)7-2)19-14-10-12-16(5)23(19)27-21(25)8-3/h7-14,17H,2-3,6H2,1,4-5H3. The van der Waals surface area contributed by atoms with Crippen molar-refractivity contribution < 1.29 is 19.1 Å². The maximum atomic E-state index is 11.8. The Kier molecular flexibility index (Phi) is 6.72. The zero-order chi connectivity index (χ0) is 20.0. The summed E-state index contributed by atoms with van der Waals surface area (Å²) in [6, 6.07) is 11.5. The number of ether oxygens (including phenoxy) is 2. The summed E-state index contributed by atoms with van der Waals surface area (Å²) in [6.07, 6.45) is 3.01. The van der Waals surface area contributed by atoms with E-state index in [-0.39, 0.29) is 5.92 Å². The molecule has 0 aliphatic rings. The Bertz CT molecular complexity index is 808. The van der Waals surface area contributed by atoms with Crippen molar-refractivity contribution in [3.05, 3.63) is 84.0 Å². The highest BCUT2D eigenvalue weighted by atomic mass is 16.5. The second-order valence-electron chi connectivity index (χ2n) is 6.20. The quantitative estimate of drug-likeness (QED) is 0.393. The van der Waals surface area contributed by atoms with Crippen molar-refractivity contribution in [1.82, 2.24) is 0 Å². The van der Waals surface area contributed by atoms with Gasteiger partial charge in [-0.3, -0.25) is 0 Å². The fourth-order valence-electron chi connectivity index (χ4n) is 3.07. The van der Waals surface area contributed by atoms with E-state index in [0.717, 1.165) is 40.8 Å². The predicted molar refractivity (Wildman–Crippen MR) is 106 cm³/mol. The molecule has 0 amide bonds. The lowest BCUT2D eigenvalue weighted by Crippen LogP contribution is -2.12. The van der Waals surface area contributed by atoms with Crippen LogP contribution in [-0.2, 0) is 9.59 Å². The van der Waals surface area contributed by atoms with Gasteiger partial charge in [-0.15, -0.1) is 0 Å². The van der Waals surface area contributed by atoms with Crippen LogP contribution in [0.15, 0.2) is 61.7 Å². The number of benzene rings is 2. The van der Waals surface area contributed by atoms with Crippen LogP contribution in [0.4, 0.5) is 0 Å². The third-order valence-corrected chi connectivity index (χ3v) is 4.38. The molecule has 0 aliphatic heterocycles. The molecule has 4 nitrogen and oxygen atoms in total. The lowest BCUT2D eigenvalue weighted by Gasteiger charge is -2.23. The number of hydrogen-bond acceptors (Lipinski definition) is 4. The zero-order valence-corrected chi connectivity index (χ0v) is 16.0. The summed E-state index contributed by atoms with van der Waals surface area (Å²) in [7, 11) is 0. The average molecular weight is 364 g/mol. The molecule has 2 rings (SSSR count). The summed E-state index contributed by atoms with van der Waals surface area (Å²) in [4.78, 5) is 23.6. The van der Waals surface area contributed by atoms with Crippen LogP contribution < -0.4 is 9.47 Å². The van der Waals surface area contributed by atoms with Gasteiger partial charge in [0.15, 0.2) is 0 Å². The molecule has 0 radical (unpaired) electrons. The van der Waals surface area contributed by atoms with Crippen molar-refractivity contribution in [2.75, 3.05) is 0 Å². The Hall–Kier alpha value is -3.14. The van der Waals surface area contributed by atoms with E-state index >= 15 is 0 Å². The first-order chi connectivity index (χ1) is 12.9. The monoisotopic (exact) mass is 364 g/mol. The van der Waals surface area contributed by atoms with Crippen LogP contribution in [0, 0.1) is 13.8 Å². The fourth-order valence-corrected chi connectivity index (χ4v) is 3.07. The summed E-state index contributed by atoms with van der Waals surface area (Å²) < 4.78 is 11.0. The lowest BCUT2D eigenvalue weighted by atomic mass is 9.86. The van der Waals surface area contributed by atoms with Crippen LogP contribution in [-0.4, -0.2) is 11.9 Å². The highest BCUT2D eigenvalue weighted by molar-refractivity contribution is 5.84. The summed E-state index contributed by atoms with van der Waals surface area (Å²) in [5, 5.41) is 0. The van der Waals surface area contributed by atoms with E-state index in [1.165, 1.54) is 0 Å². The van der Waals surface area contributed by atoms with Gasteiger partial charge >= 0.3 is 11.9 Å². The van der Waals surface area contributed by atoms with Crippen molar-refractivity contribution in [1.29, 1.82) is 0 Å². The van der Waals surface area contributed by atoms with Crippen molar-refractivity contribution in [3.8, 4) is 11.5 Å². The normalized spacial score (nSPS) is 10.4. The number of carbonyl (C=O) groups is 2. The first kappa shape index (κ1) is 20.2. The zero-order valence-electron chi connectivity index (χ0n) is 16.0. The molecule has 0 unspecified atom stereocenters. The SMILES string of the molecule is C=CC(=O)Oc1c(C)cccc1C(CC)c1cccc(C)c1OC(=O)C=C. The van der Waals surface area contributed by atoms with Crippen LogP contribution in [0.25, 0.3) is 0 Å². The minimum atomic E-state index is -0.511. The third kappa shape index (κ3) is 4.53. The molecule has 0 aliphatic carbocycles. The van der Waals surface area contributed by atoms with Gasteiger partial charge < -0.3 is 9.47 Å². The molecule has 140 valence electrons. The Balaban J connectivity index is 2.62. The maximum Gasteiger partial charge on any atom is 0.335 e. The molecular formula is C23H24O4. The van der Waals surface area contributed by atoms with E-state index in [1.807, 2.05) is 57.2 Å². The second-order valence-corrected chi connectivity index (χ2v) is 6.20. The molecule has 0 aromatic heterocycles. The number of aryl methyl sites for hydroxylation is 2. The van der Waals surface area contributed by atoms with Gasteiger partial charge in [0.1, 0.15) is 11.5 Å². The first-order valence-corrected chi connectivity index (χ1v) is 8.80. The highest BCUT2D eigenvalue weighted by Crippen LogP contribution is 2.41. The molecule has 4 heteroatoms. The minimum absolute atomic E-state index is 0.120. The maximum absolute atomic E-state index is 11.8. The van der Waals surface area contributed by atoms with Gasteiger partial charge in [-0.1, -0.05) is 56.5 Å². The Labute approximate surface area is 160 Å². The number of carbonyl (C=O) groups excluding carboxylic acids is 2. The van der Waals surface area contributed by atoms with Gasteiger partial charge in [-0.25, -0.2) is 9.59 Å². The smallest absolute Gasteiger partial charge is 0.335 e. The number of esters is 2. The van der Waals surface area contributed by atoms with Gasteiger partial charge in [0, 0.05) is 29.2 Å². The van der Waals surface area contributed by atoms with Crippen LogP contribution in [0.5, 0.6) is 11.5 Å². The Morgan fingerprint density at radius 1 is 0.889 bits per heavy atom. The number of para-hydroxylation sites is 2. The second kappa shape index (κ2) is 8.99. The summed E-state index contributed by atoms with van der Waals surface area (Å²) in [6.45, 7) is 12.7. The van der Waals surface area contributed by atoms with E-state index in [4.69, 9.17) is 9.47 Å². The Morgan fingerprint density at radius 3 is 1.63 bits per heavy atom. The topological polar surface area (TPSA) is 52.6 Å². The molecule has 27 heavy (non-hydrogen) atoms. The largest absolute Gasteiger partial charge is 0.423 e. The molecule has 0 heterocycles. The van der Waals surface area contributed by atoms with E-state index in [0.29, 0.717) is 11.5 Å². The van der Waals surface area contributed by atoms with Crippen molar-refractivity contribution in [2.45, 2.75) is 33.1 Å². The van der Waals surface area contributed by atoms with Crippen LogP contribution in [0.1, 0.15) is 41.5 Å². The van der Waals surface area contributed by atoms with Gasteiger partial charge in [0.25, 0.3) is 0 Å². The summed E-state index contributed by atoms with van der Waals surface area (Å²) in [5.74, 6) is -0.121. The van der Waals surface area contributed by atoms with E-state index in [2.05, 4.69) is 13.2 Å². The molecule has 0 fully saturated rings. The van der Waals surface area contributed by atoms with E-state index in [1.54, 1.807) is 0 Å². The summed E-state index contributed by atoms with van der Waals surface area (Å²) >= 11 is 0. The molecule has 0 saturated carbocycles. The highest BCUT2D eigenvalue weighted by Gasteiger charge is 2.24. The van der Waals surface area contributed by atoms with E-state index in [9.17, 15) is 9.59 Å². The van der Waals surface area contributed by atoms with Crippen LogP contribution >= 0.6 is 0 Å². The summed E-state index contributed by atoms with van der Waals surface area (Å²) in [5.41, 5.74) is 3.40. The van der Waals surface area contributed by atoms with Gasteiger partial charge in [0.05, 0.1) is 0 Å². The number of rotatable bonds is 7. The van der Waals surface area contributed by atoms with Gasteiger partial charge in [-0.05, 0) is 31.4 Å². The Morgan fingerprint density at radius 2 is 1.30 bits per heavy atom. The van der Waals surface area contributed by atoms with Crippen molar-refractivity contribution >= 4 is 11.9 Å².